The first-order chi connectivity index (χ1) is 9.20. The predicted octanol–water partition coefficient (Wildman–Crippen LogP) is 3.35. The normalized spacial score (nSPS) is 16.2. The third-order valence-corrected chi connectivity index (χ3v) is 3.92. The van der Waals surface area contributed by atoms with Crippen molar-refractivity contribution < 1.29 is 0 Å². The maximum atomic E-state index is 4.66. The van der Waals surface area contributed by atoms with Crippen LogP contribution in [0.5, 0.6) is 0 Å². The Balaban J connectivity index is 1.99. The van der Waals surface area contributed by atoms with Gasteiger partial charge in [0.2, 0.25) is 0 Å². The molecule has 106 valence electrons. The molecule has 1 aliphatic rings. The molecule has 1 saturated carbocycles. The molecule has 3 nitrogen and oxygen atoms in total. The van der Waals surface area contributed by atoms with Crippen molar-refractivity contribution in [3.05, 3.63) is 23.9 Å². The van der Waals surface area contributed by atoms with Gasteiger partial charge < -0.3 is 10.2 Å². The van der Waals surface area contributed by atoms with Gasteiger partial charge in [0.15, 0.2) is 0 Å². The number of hydrogen-bond acceptors (Lipinski definition) is 3. The van der Waals surface area contributed by atoms with E-state index in [0.717, 1.165) is 18.9 Å². The summed E-state index contributed by atoms with van der Waals surface area (Å²) in [5.41, 5.74) is 1.26. The third kappa shape index (κ3) is 3.93. The predicted molar refractivity (Wildman–Crippen MR) is 81.5 cm³/mol. The van der Waals surface area contributed by atoms with Gasteiger partial charge in [0, 0.05) is 31.4 Å². The molecule has 0 aliphatic heterocycles. The molecule has 1 fully saturated rings. The topological polar surface area (TPSA) is 28.2 Å². The second kappa shape index (κ2) is 6.90. The van der Waals surface area contributed by atoms with E-state index >= 15 is 0 Å². The van der Waals surface area contributed by atoms with Crippen LogP contribution < -0.4 is 10.2 Å². The van der Waals surface area contributed by atoms with Gasteiger partial charge in [-0.3, -0.25) is 0 Å². The number of hydrogen-bond donors (Lipinski definition) is 1. The summed E-state index contributed by atoms with van der Waals surface area (Å²) in [6, 6.07) is 5.61. The maximum absolute atomic E-state index is 4.66. The van der Waals surface area contributed by atoms with Crippen molar-refractivity contribution in [1.82, 2.24) is 10.3 Å². The van der Waals surface area contributed by atoms with E-state index in [1.54, 1.807) is 0 Å². The number of aromatic nitrogens is 1. The highest BCUT2D eigenvalue weighted by molar-refractivity contribution is 5.40. The second-order valence-electron chi connectivity index (χ2n) is 5.78. The highest BCUT2D eigenvalue weighted by Gasteiger charge is 2.22. The van der Waals surface area contributed by atoms with Crippen LogP contribution in [0.1, 0.15) is 52.0 Å². The number of nitrogens with one attached hydrogen (secondary N) is 1. The molecule has 1 aromatic rings. The van der Waals surface area contributed by atoms with Crippen molar-refractivity contribution in [3.63, 3.8) is 0 Å². The lowest BCUT2D eigenvalue weighted by atomic mass is 10.2. The Kier molecular flexibility index (Phi) is 5.20. The van der Waals surface area contributed by atoms with Crippen LogP contribution in [0.25, 0.3) is 0 Å². The fraction of sp³-hybridized carbons (Fsp3) is 0.688. The molecule has 0 atom stereocenters. The molecule has 3 heteroatoms. The van der Waals surface area contributed by atoms with Crippen molar-refractivity contribution in [2.75, 3.05) is 11.4 Å². The number of rotatable bonds is 6. The van der Waals surface area contributed by atoms with E-state index < -0.39 is 0 Å². The largest absolute Gasteiger partial charge is 0.354 e. The molecule has 0 amide bonds. The SMILES string of the molecule is CCN(c1ccc(CNC(C)C)cn1)C1CCCC1. The van der Waals surface area contributed by atoms with Crippen LogP contribution in [-0.2, 0) is 6.54 Å². The van der Waals surface area contributed by atoms with Crippen LogP contribution in [0.4, 0.5) is 5.82 Å². The van der Waals surface area contributed by atoms with Gasteiger partial charge in [-0.05, 0) is 31.4 Å². The average molecular weight is 261 g/mol. The van der Waals surface area contributed by atoms with Crippen molar-refractivity contribution in [1.29, 1.82) is 0 Å². The van der Waals surface area contributed by atoms with E-state index in [0.29, 0.717) is 12.1 Å². The summed E-state index contributed by atoms with van der Waals surface area (Å²) < 4.78 is 0. The van der Waals surface area contributed by atoms with Crippen LogP contribution in [0.2, 0.25) is 0 Å². The lowest BCUT2D eigenvalue weighted by Gasteiger charge is -2.28. The quantitative estimate of drug-likeness (QED) is 0.851. The van der Waals surface area contributed by atoms with E-state index in [2.05, 4.69) is 48.1 Å². The van der Waals surface area contributed by atoms with Crippen LogP contribution in [0, 0.1) is 0 Å². The summed E-state index contributed by atoms with van der Waals surface area (Å²) in [5.74, 6) is 1.14. The first-order valence-corrected chi connectivity index (χ1v) is 7.65. The molecule has 0 saturated heterocycles. The highest BCUT2D eigenvalue weighted by atomic mass is 15.2. The minimum atomic E-state index is 0.519. The van der Waals surface area contributed by atoms with E-state index in [4.69, 9.17) is 0 Å². The number of anilines is 1. The monoisotopic (exact) mass is 261 g/mol. The molecular formula is C16H27N3. The maximum Gasteiger partial charge on any atom is 0.128 e. The van der Waals surface area contributed by atoms with Crippen LogP contribution in [0.3, 0.4) is 0 Å². The zero-order valence-corrected chi connectivity index (χ0v) is 12.5. The van der Waals surface area contributed by atoms with Crippen LogP contribution in [-0.4, -0.2) is 23.6 Å². The fourth-order valence-corrected chi connectivity index (χ4v) is 2.84. The fourth-order valence-electron chi connectivity index (χ4n) is 2.84. The molecular weight excluding hydrogens is 234 g/mol. The van der Waals surface area contributed by atoms with Crippen LogP contribution >= 0.6 is 0 Å². The molecule has 2 rings (SSSR count). The van der Waals surface area contributed by atoms with Gasteiger partial charge >= 0.3 is 0 Å². The zero-order chi connectivity index (χ0) is 13.7. The van der Waals surface area contributed by atoms with Crippen molar-refractivity contribution >= 4 is 5.82 Å². The van der Waals surface area contributed by atoms with E-state index in [1.807, 2.05) is 6.20 Å². The Morgan fingerprint density at radius 3 is 2.58 bits per heavy atom. The first kappa shape index (κ1) is 14.3. The van der Waals surface area contributed by atoms with E-state index in [9.17, 15) is 0 Å². The lowest BCUT2D eigenvalue weighted by Crippen LogP contribution is -2.33. The Bertz CT molecular complexity index is 366. The lowest BCUT2D eigenvalue weighted by molar-refractivity contribution is 0.586. The molecule has 0 aromatic carbocycles. The van der Waals surface area contributed by atoms with Gasteiger partial charge in [0.1, 0.15) is 5.82 Å². The summed E-state index contributed by atoms with van der Waals surface area (Å²) in [4.78, 5) is 7.12. The van der Waals surface area contributed by atoms with Crippen molar-refractivity contribution in [3.8, 4) is 0 Å². The summed E-state index contributed by atoms with van der Waals surface area (Å²) in [6.07, 6.45) is 7.41. The highest BCUT2D eigenvalue weighted by Crippen LogP contribution is 2.26. The molecule has 0 bridgehead atoms. The molecule has 1 heterocycles. The van der Waals surface area contributed by atoms with Crippen LogP contribution in [0.15, 0.2) is 18.3 Å². The summed E-state index contributed by atoms with van der Waals surface area (Å²) >= 11 is 0. The first-order valence-electron chi connectivity index (χ1n) is 7.65. The van der Waals surface area contributed by atoms with Gasteiger partial charge in [-0.2, -0.15) is 0 Å². The number of nitrogens with zero attached hydrogens (tertiary/aromatic N) is 2. The number of pyridine rings is 1. The molecule has 0 radical (unpaired) electrons. The summed E-state index contributed by atoms with van der Waals surface area (Å²) in [6.45, 7) is 8.53. The minimum absolute atomic E-state index is 0.519. The third-order valence-electron chi connectivity index (χ3n) is 3.92. The second-order valence-corrected chi connectivity index (χ2v) is 5.78. The van der Waals surface area contributed by atoms with Gasteiger partial charge in [0.25, 0.3) is 0 Å². The Hall–Kier alpha value is -1.09. The van der Waals surface area contributed by atoms with Crippen molar-refractivity contribution in [2.24, 2.45) is 0 Å². The molecule has 0 spiro atoms. The molecule has 19 heavy (non-hydrogen) atoms. The standard InChI is InChI=1S/C16H27N3/c1-4-19(15-7-5-6-8-15)16-10-9-14(12-18-16)11-17-13(2)3/h9-10,12-13,15,17H,4-8,11H2,1-3H3. The van der Waals surface area contributed by atoms with Gasteiger partial charge in [0.05, 0.1) is 0 Å². The van der Waals surface area contributed by atoms with Crippen molar-refractivity contribution in [2.45, 2.75) is 65.1 Å². The molecule has 1 aliphatic carbocycles. The average Bonchev–Trinajstić information content (AvgIpc) is 2.92. The van der Waals surface area contributed by atoms with Gasteiger partial charge in [-0.15, -0.1) is 0 Å². The molecule has 1 N–H and O–H groups in total. The Morgan fingerprint density at radius 2 is 2.05 bits per heavy atom. The van der Waals surface area contributed by atoms with Gasteiger partial charge in [-0.1, -0.05) is 32.8 Å². The summed E-state index contributed by atoms with van der Waals surface area (Å²) in [5, 5.41) is 3.43. The van der Waals surface area contributed by atoms with E-state index in [1.165, 1.54) is 31.2 Å². The Labute approximate surface area is 117 Å². The van der Waals surface area contributed by atoms with Gasteiger partial charge in [-0.25, -0.2) is 4.98 Å². The Morgan fingerprint density at radius 1 is 1.32 bits per heavy atom. The van der Waals surface area contributed by atoms with E-state index in [-0.39, 0.29) is 0 Å². The zero-order valence-electron chi connectivity index (χ0n) is 12.5. The molecule has 0 unspecified atom stereocenters. The smallest absolute Gasteiger partial charge is 0.128 e. The molecule has 1 aromatic heterocycles. The summed E-state index contributed by atoms with van der Waals surface area (Å²) in [7, 11) is 0. The minimum Gasteiger partial charge on any atom is -0.354 e.